The van der Waals surface area contributed by atoms with Crippen molar-refractivity contribution in [3.63, 3.8) is 0 Å². The Labute approximate surface area is 163 Å². The summed E-state index contributed by atoms with van der Waals surface area (Å²) in [5, 5.41) is 4.88. The maximum absolute atomic E-state index is 13.1. The molecule has 0 aliphatic rings. The topological polar surface area (TPSA) is 59.3 Å². The summed E-state index contributed by atoms with van der Waals surface area (Å²) in [6.07, 6.45) is 1.72. The van der Waals surface area contributed by atoms with Crippen LogP contribution < -0.4 is 11.0 Å². The zero-order chi connectivity index (χ0) is 19.3. The molecule has 0 saturated heterocycles. The van der Waals surface area contributed by atoms with Crippen molar-refractivity contribution in [3.8, 4) is 0 Å². The Morgan fingerprint density at radius 3 is 2.46 bits per heavy atom. The lowest BCUT2D eigenvalue weighted by molar-refractivity contribution is 0.755. The third kappa shape index (κ3) is 3.83. The highest BCUT2D eigenvalue weighted by molar-refractivity contribution is 5.81. The van der Waals surface area contributed by atoms with E-state index in [4.69, 9.17) is 0 Å². The summed E-state index contributed by atoms with van der Waals surface area (Å²) in [5.74, 6) is 0.413. The standard InChI is InChI=1S/C23H20N4O/c1-17-11-13-18(14-12-17)15-24-26-23-25-21-10-6-5-9-20(21)22(28)27(23)16-19-7-3-2-4-8-19/h2-15H,16H2,1H3,(H,25,26)/b24-15+. The van der Waals surface area contributed by atoms with Crippen molar-refractivity contribution in [1.82, 2.24) is 9.55 Å². The minimum Gasteiger partial charge on any atom is -0.272 e. The monoisotopic (exact) mass is 368 g/mol. The average Bonchev–Trinajstić information content (AvgIpc) is 2.73. The molecule has 1 aromatic heterocycles. The minimum absolute atomic E-state index is 0.0949. The molecule has 4 aromatic rings. The van der Waals surface area contributed by atoms with E-state index < -0.39 is 0 Å². The Morgan fingerprint density at radius 1 is 0.964 bits per heavy atom. The van der Waals surface area contributed by atoms with Gasteiger partial charge in [0.15, 0.2) is 0 Å². The number of anilines is 1. The van der Waals surface area contributed by atoms with Gasteiger partial charge in [-0.3, -0.25) is 9.36 Å². The fraction of sp³-hybridized carbons (Fsp3) is 0.0870. The highest BCUT2D eigenvalue weighted by Gasteiger charge is 2.10. The number of nitrogens with zero attached hydrogens (tertiary/aromatic N) is 3. The van der Waals surface area contributed by atoms with Crippen molar-refractivity contribution in [2.45, 2.75) is 13.5 Å². The van der Waals surface area contributed by atoms with Crippen LogP contribution in [0.1, 0.15) is 16.7 Å². The van der Waals surface area contributed by atoms with E-state index in [0.29, 0.717) is 23.4 Å². The number of para-hydroxylation sites is 1. The van der Waals surface area contributed by atoms with Crippen LogP contribution in [0.5, 0.6) is 0 Å². The molecule has 1 N–H and O–H groups in total. The number of hydrazone groups is 1. The molecule has 0 radical (unpaired) electrons. The van der Waals surface area contributed by atoms with Crippen LogP contribution in [0.2, 0.25) is 0 Å². The molecule has 0 spiro atoms. The van der Waals surface area contributed by atoms with Gasteiger partial charge in [0.1, 0.15) is 0 Å². The van der Waals surface area contributed by atoms with E-state index in [2.05, 4.69) is 15.5 Å². The molecule has 3 aromatic carbocycles. The number of fused-ring (bicyclic) bond motifs is 1. The largest absolute Gasteiger partial charge is 0.272 e. The predicted molar refractivity (Wildman–Crippen MR) is 114 cm³/mol. The van der Waals surface area contributed by atoms with Crippen molar-refractivity contribution in [2.24, 2.45) is 5.10 Å². The van der Waals surface area contributed by atoms with Gasteiger partial charge in [0, 0.05) is 0 Å². The van der Waals surface area contributed by atoms with Crippen LogP contribution in [0.15, 0.2) is 88.8 Å². The van der Waals surface area contributed by atoms with Crippen LogP contribution >= 0.6 is 0 Å². The molecule has 5 heteroatoms. The third-order valence-corrected chi connectivity index (χ3v) is 4.50. The van der Waals surface area contributed by atoms with E-state index in [1.807, 2.05) is 79.7 Å². The van der Waals surface area contributed by atoms with Gasteiger partial charge in [-0.05, 0) is 30.2 Å². The fourth-order valence-corrected chi connectivity index (χ4v) is 2.98. The van der Waals surface area contributed by atoms with Crippen LogP contribution in [0.25, 0.3) is 10.9 Å². The summed E-state index contributed by atoms with van der Waals surface area (Å²) < 4.78 is 1.62. The van der Waals surface area contributed by atoms with Crippen molar-refractivity contribution < 1.29 is 0 Å². The molecule has 0 atom stereocenters. The Balaban J connectivity index is 1.71. The van der Waals surface area contributed by atoms with Gasteiger partial charge in [-0.25, -0.2) is 10.4 Å². The van der Waals surface area contributed by atoms with Gasteiger partial charge in [-0.1, -0.05) is 72.3 Å². The van der Waals surface area contributed by atoms with Gasteiger partial charge < -0.3 is 0 Å². The molecule has 0 aliphatic carbocycles. The average molecular weight is 368 g/mol. The normalized spacial score (nSPS) is 11.2. The van der Waals surface area contributed by atoms with E-state index in [0.717, 1.165) is 11.1 Å². The summed E-state index contributed by atoms with van der Waals surface area (Å²) in [6, 6.07) is 25.2. The number of hydrogen-bond acceptors (Lipinski definition) is 4. The second-order valence-electron chi connectivity index (χ2n) is 6.61. The van der Waals surface area contributed by atoms with Crippen LogP contribution in [0.3, 0.4) is 0 Å². The van der Waals surface area contributed by atoms with E-state index in [1.54, 1.807) is 16.8 Å². The van der Waals surface area contributed by atoms with Crippen molar-refractivity contribution in [3.05, 3.63) is 106 Å². The Morgan fingerprint density at radius 2 is 1.68 bits per heavy atom. The van der Waals surface area contributed by atoms with Gasteiger partial charge in [-0.15, -0.1) is 0 Å². The lowest BCUT2D eigenvalue weighted by Gasteiger charge is -2.12. The Bertz CT molecular complexity index is 1180. The van der Waals surface area contributed by atoms with E-state index in [-0.39, 0.29) is 5.56 Å². The molecular weight excluding hydrogens is 348 g/mol. The summed E-state index contributed by atoms with van der Waals surface area (Å²) in [6.45, 7) is 2.46. The minimum atomic E-state index is -0.0949. The highest BCUT2D eigenvalue weighted by Crippen LogP contribution is 2.13. The smallest absolute Gasteiger partial charge is 0.263 e. The molecule has 4 rings (SSSR count). The molecular formula is C23H20N4O. The Hall–Kier alpha value is -3.73. The highest BCUT2D eigenvalue weighted by atomic mass is 16.1. The zero-order valence-electron chi connectivity index (χ0n) is 15.5. The first-order valence-corrected chi connectivity index (χ1v) is 9.10. The van der Waals surface area contributed by atoms with Crippen molar-refractivity contribution in [1.29, 1.82) is 0 Å². The maximum atomic E-state index is 13.1. The van der Waals surface area contributed by atoms with Crippen LogP contribution in [-0.2, 0) is 6.54 Å². The molecule has 28 heavy (non-hydrogen) atoms. The summed E-state index contributed by atoms with van der Waals surface area (Å²) >= 11 is 0. The number of aromatic nitrogens is 2. The van der Waals surface area contributed by atoms with Gasteiger partial charge in [0.2, 0.25) is 5.95 Å². The third-order valence-electron chi connectivity index (χ3n) is 4.50. The molecule has 0 bridgehead atoms. The number of benzene rings is 3. The van der Waals surface area contributed by atoms with Gasteiger partial charge in [0.05, 0.1) is 23.7 Å². The molecule has 5 nitrogen and oxygen atoms in total. The van der Waals surface area contributed by atoms with Crippen LogP contribution in [0, 0.1) is 6.92 Å². The van der Waals surface area contributed by atoms with Crippen molar-refractivity contribution in [2.75, 3.05) is 5.43 Å². The number of hydrogen-bond donors (Lipinski definition) is 1. The first-order chi connectivity index (χ1) is 13.7. The predicted octanol–water partition coefficient (Wildman–Crippen LogP) is 4.20. The first kappa shape index (κ1) is 17.7. The molecule has 1 heterocycles. The maximum Gasteiger partial charge on any atom is 0.263 e. The quantitative estimate of drug-likeness (QED) is 0.424. The fourth-order valence-electron chi connectivity index (χ4n) is 2.98. The van der Waals surface area contributed by atoms with Crippen LogP contribution in [0.4, 0.5) is 5.95 Å². The second kappa shape index (κ2) is 7.88. The van der Waals surface area contributed by atoms with E-state index in [9.17, 15) is 4.79 Å². The second-order valence-corrected chi connectivity index (χ2v) is 6.61. The Kier molecular flexibility index (Phi) is 4.97. The summed E-state index contributed by atoms with van der Waals surface area (Å²) in [5.41, 5.74) is 6.68. The van der Waals surface area contributed by atoms with Crippen molar-refractivity contribution >= 4 is 23.1 Å². The molecule has 0 fully saturated rings. The zero-order valence-corrected chi connectivity index (χ0v) is 15.5. The molecule has 0 aliphatic heterocycles. The van der Waals surface area contributed by atoms with Gasteiger partial charge >= 0.3 is 0 Å². The van der Waals surface area contributed by atoms with Gasteiger partial charge in [0.25, 0.3) is 5.56 Å². The molecule has 0 amide bonds. The first-order valence-electron chi connectivity index (χ1n) is 9.10. The lowest BCUT2D eigenvalue weighted by Crippen LogP contribution is -2.24. The van der Waals surface area contributed by atoms with E-state index in [1.165, 1.54) is 5.56 Å². The van der Waals surface area contributed by atoms with Crippen LogP contribution in [-0.4, -0.2) is 15.8 Å². The number of rotatable bonds is 5. The van der Waals surface area contributed by atoms with Gasteiger partial charge in [-0.2, -0.15) is 5.10 Å². The molecule has 0 unspecified atom stereocenters. The lowest BCUT2D eigenvalue weighted by atomic mass is 10.2. The number of aryl methyl sites for hydroxylation is 1. The molecule has 0 saturated carbocycles. The molecule has 138 valence electrons. The summed E-state index contributed by atoms with van der Waals surface area (Å²) in [7, 11) is 0. The summed E-state index contributed by atoms with van der Waals surface area (Å²) in [4.78, 5) is 17.7. The SMILES string of the molecule is Cc1ccc(/C=N/Nc2nc3ccccc3c(=O)n2Cc2ccccc2)cc1. The van der Waals surface area contributed by atoms with E-state index >= 15 is 0 Å². The number of nitrogens with one attached hydrogen (secondary N) is 1.